The summed E-state index contributed by atoms with van der Waals surface area (Å²) in [6.45, 7) is 1.99. The zero-order chi connectivity index (χ0) is 13.1. The smallest absolute Gasteiger partial charge is 0.151 e. The van der Waals surface area contributed by atoms with Gasteiger partial charge in [0.15, 0.2) is 5.82 Å². The predicted octanol–water partition coefficient (Wildman–Crippen LogP) is 2.87. The van der Waals surface area contributed by atoms with Crippen LogP contribution >= 0.6 is 0 Å². The number of hydrogen-bond donors (Lipinski definition) is 0. The monoisotopic (exact) mass is 256 g/mol. The summed E-state index contributed by atoms with van der Waals surface area (Å²) in [5.74, 6) is 2.12. The number of anilines is 1. The van der Waals surface area contributed by atoms with Gasteiger partial charge in [0.2, 0.25) is 0 Å². The van der Waals surface area contributed by atoms with E-state index in [1.54, 1.807) is 0 Å². The average molecular weight is 256 g/mol. The first kappa shape index (κ1) is 12.4. The van der Waals surface area contributed by atoms with Gasteiger partial charge in [-0.2, -0.15) is 10.4 Å². The highest BCUT2D eigenvalue weighted by atomic mass is 15.3. The normalized spacial score (nSPS) is 23.7. The predicted molar refractivity (Wildman–Crippen MR) is 73.8 cm³/mol. The number of aromatic nitrogens is 2. The Morgan fingerprint density at radius 3 is 2.74 bits per heavy atom. The topological polar surface area (TPSA) is 52.8 Å². The Morgan fingerprint density at radius 2 is 2.11 bits per heavy atom. The van der Waals surface area contributed by atoms with Crippen LogP contribution in [0, 0.1) is 17.2 Å². The Balaban J connectivity index is 1.66. The minimum Gasteiger partial charge on any atom is -0.355 e. The Hall–Kier alpha value is -1.63. The van der Waals surface area contributed by atoms with Crippen molar-refractivity contribution in [2.24, 2.45) is 5.92 Å². The highest BCUT2D eigenvalue weighted by Crippen LogP contribution is 2.35. The molecule has 0 aromatic carbocycles. The molecule has 1 saturated carbocycles. The van der Waals surface area contributed by atoms with Crippen LogP contribution in [0.1, 0.15) is 50.1 Å². The molecule has 2 heterocycles. The fourth-order valence-corrected chi connectivity index (χ4v) is 2.99. The number of rotatable bonds is 3. The van der Waals surface area contributed by atoms with Crippen LogP contribution in [0.4, 0.5) is 5.82 Å². The summed E-state index contributed by atoms with van der Waals surface area (Å²) in [4.78, 5) is 2.28. The third-order valence-corrected chi connectivity index (χ3v) is 4.42. The zero-order valence-electron chi connectivity index (χ0n) is 11.3. The van der Waals surface area contributed by atoms with Crippen LogP contribution in [0.3, 0.4) is 0 Å². The molecule has 2 aliphatic rings. The van der Waals surface area contributed by atoms with Gasteiger partial charge in [-0.1, -0.05) is 6.42 Å². The molecule has 3 rings (SSSR count). The van der Waals surface area contributed by atoms with Gasteiger partial charge in [-0.05, 0) is 43.7 Å². The van der Waals surface area contributed by atoms with E-state index in [-0.39, 0.29) is 0 Å². The lowest BCUT2D eigenvalue weighted by atomic mass is 9.83. The average Bonchev–Trinajstić information content (AvgIpc) is 2.38. The molecule has 0 spiro atoms. The van der Waals surface area contributed by atoms with Gasteiger partial charge in [0, 0.05) is 25.4 Å². The minimum absolute atomic E-state index is 0.492. The molecular weight excluding hydrogens is 236 g/mol. The van der Waals surface area contributed by atoms with E-state index in [9.17, 15) is 0 Å². The zero-order valence-corrected chi connectivity index (χ0v) is 11.3. The van der Waals surface area contributed by atoms with Crippen LogP contribution in [0.2, 0.25) is 0 Å². The van der Waals surface area contributed by atoms with Crippen molar-refractivity contribution in [3.8, 4) is 6.07 Å². The van der Waals surface area contributed by atoms with E-state index in [4.69, 9.17) is 5.26 Å². The summed E-state index contributed by atoms with van der Waals surface area (Å²) in [6.07, 6.45) is 6.83. The summed E-state index contributed by atoms with van der Waals surface area (Å²) in [6, 6.07) is 6.53. The summed E-state index contributed by atoms with van der Waals surface area (Å²) >= 11 is 0. The van der Waals surface area contributed by atoms with Gasteiger partial charge < -0.3 is 4.90 Å². The highest BCUT2D eigenvalue weighted by molar-refractivity contribution is 5.38. The van der Waals surface area contributed by atoms with Crippen LogP contribution < -0.4 is 4.90 Å². The second-order valence-electron chi connectivity index (χ2n) is 5.76. The van der Waals surface area contributed by atoms with E-state index in [2.05, 4.69) is 33.3 Å². The first-order valence-corrected chi connectivity index (χ1v) is 7.32. The number of nitrogens with zero attached hydrogens (tertiary/aromatic N) is 4. The van der Waals surface area contributed by atoms with E-state index in [1.165, 1.54) is 19.3 Å². The van der Waals surface area contributed by atoms with Gasteiger partial charge >= 0.3 is 0 Å². The molecule has 1 unspecified atom stereocenters. The Kier molecular flexibility index (Phi) is 3.63. The van der Waals surface area contributed by atoms with Crippen molar-refractivity contribution in [3.63, 3.8) is 0 Å². The highest BCUT2D eigenvalue weighted by Gasteiger charge is 2.23. The van der Waals surface area contributed by atoms with Crippen LogP contribution in [0.5, 0.6) is 0 Å². The SMILES string of the molecule is N#CCC1CCCN(c2ccc(C3CCC3)nn2)C1. The van der Waals surface area contributed by atoms with Crippen LogP contribution in [0.15, 0.2) is 12.1 Å². The first-order valence-electron chi connectivity index (χ1n) is 7.32. The molecule has 1 saturated heterocycles. The van der Waals surface area contributed by atoms with Crippen LogP contribution in [-0.4, -0.2) is 23.3 Å². The molecule has 4 nitrogen and oxygen atoms in total. The molecule has 19 heavy (non-hydrogen) atoms. The van der Waals surface area contributed by atoms with Crippen molar-refractivity contribution in [2.75, 3.05) is 18.0 Å². The van der Waals surface area contributed by atoms with Crippen molar-refractivity contribution in [3.05, 3.63) is 17.8 Å². The van der Waals surface area contributed by atoms with Gasteiger partial charge in [0.1, 0.15) is 0 Å². The number of hydrogen-bond acceptors (Lipinski definition) is 4. The molecule has 1 aromatic rings. The largest absolute Gasteiger partial charge is 0.355 e. The lowest BCUT2D eigenvalue weighted by molar-refractivity contribution is 0.405. The molecule has 0 N–H and O–H groups in total. The molecular formula is C15H20N4. The quantitative estimate of drug-likeness (QED) is 0.834. The van der Waals surface area contributed by atoms with Crippen molar-refractivity contribution in [1.29, 1.82) is 5.26 Å². The van der Waals surface area contributed by atoms with Crippen LogP contribution in [0.25, 0.3) is 0 Å². The Morgan fingerprint density at radius 1 is 1.21 bits per heavy atom. The molecule has 1 aliphatic heterocycles. The summed E-state index contributed by atoms with van der Waals surface area (Å²) in [5, 5.41) is 17.6. The van der Waals surface area contributed by atoms with Gasteiger partial charge in [-0.15, -0.1) is 5.10 Å². The summed E-state index contributed by atoms with van der Waals surface area (Å²) in [7, 11) is 0. The molecule has 4 heteroatoms. The van der Waals surface area contributed by atoms with Crippen molar-refractivity contribution in [1.82, 2.24) is 10.2 Å². The van der Waals surface area contributed by atoms with Gasteiger partial charge in [0.25, 0.3) is 0 Å². The third kappa shape index (κ3) is 2.70. The van der Waals surface area contributed by atoms with E-state index >= 15 is 0 Å². The van der Waals surface area contributed by atoms with Crippen LogP contribution in [-0.2, 0) is 0 Å². The molecule has 1 atom stereocenters. The molecule has 2 fully saturated rings. The molecule has 1 aromatic heterocycles. The van der Waals surface area contributed by atoms with E-state index < -0.39 is 0 Å². The van der Waals surface area contributed by atoms with E-state index in [0.717, 1.165) is 37.4 Å². The molecule has 1 aliphatic carbocycles. The van der Waals surface area contributed by atoms with Crippen molar-refractivity contribution < 1.29 is 0 Å². The second kappa shape index (κ2) is 5.56. The van der Waals surface area contributed by atoms with Crippen molar-refractivity contribution in [2.45, 2.75) is 44.4 Å². The Labute approximate surface area is 114 Å². The maximum atomic E-state index is 8.81. The van der Waals surface area contributed by atoms with Gasteiger partial charge in [-0.25, -0.2) is 0 Å². The third-order valence-electron chi connectivity index (χ3n) is 4.42. The van der Waals surface area contributed by atoms with Gasteiger partial charge in [-0.3, -0.25) is 0 Å². The minimum atomic E-state index is 0.492. The number of piperidine rings is 1. The fourth-order valence-electron chi connectivity index (χ4n) is 2.99. The maximum absolute atomic E-state index is 8.81. The fraction of sp³-hybridized carbons (Fsp3) is 0.667. The standard InChI is InChI=1S/C15H20N4/c16-9-8-12-3-2-10-19(11-12)15-7-6-14(17-18-15)13-4-1-5-13/h6-7,12-13H,1-5,8,10-11H2. The summed E-state index contributed by atoms with van der Waals surface area (Å²) < 4.78 is 0. The first-order chi connectivity index (χ1) is 9.36. The molecule has 0 amide bonds. The Bertz CT molecular complexity index is 458. The van der Waals surface area contributed by atoms with E-state index in [0.29, 0.717) is 18.3 Å². The second-order valence-corrected chi connectivity index (χ2v) is 5.76. The van der Waals surface area contributed by atoms with Crippen molar-refractivity contribution >= 4 is 5.82 Å². The molecule has 0 bridgehead atoms. The lowest BCUT2D eigenvalue weighted by Crippen LogP contribution is -2.36. The molecule has 0 radical (unpaired) electrons. The lowest BCUT2D eigenvalue weighted by Gasteiger charge is -2.32. The summed E-state index contributed by atoms with van der Waals surface area (Å²) in [5.41, 5.74) is 1.15. The number of nitriles is 1. The maximum Gasteiger partial charge on any atom is 0.151 e. The van der Waals surface area contributed by atoms with Gasteiger partial charge in [0.05, 0.1) is 11.8 Å². The van der Waals surface area contributed by atoms with E-state index in [1.807, 2.05) is 0 Å². The molecule has 100 valence electrons.